The molecule has 0 fully saturated rings. The van der Waals surface area contributed by atoms with Gasteiger partial charge in [0.1, 0.15) is 11.5 Å². The van der Waals surface area contributed by atoms with Crippen LogP contribution in [0.4, 0.5) is 4.39 Å². The van der Waals surface area contributed by atoms with E-state index in [-0.39, 0.29) is 5.75 Å². The Morgan fingerprint density at radius 2 is 2.08 bits per heavy atom. The van der Waals surface area contributed by atoms with Gasteiger partial charge in [0.15, 0.2) is 0 Å². The van der Waals surface area contributed by atoms with Gasteiger partial charge in [0.25, 0.3) is 0 Å². The number of benzene rings is 1. The van der Waals surface area contributed by atoms with E-state index >= 15 is 0 Å². The van der Waals surface area contributed by atoms with Crippen molar-refractivity contribution in [3.05, 3.63) is 23.3 Å². The van der Waals surface area contributed by atoms with Crippen molar-refractivity contribution >= 4 is 0 Å². The average Bonchev–Trinajstić information content (AvgIpc) is 2.06. The standard InChI is InChI=1S/C9H11FO2/c1-6-3-4-8(11)7(2)9(6)12-5-10/h3-4,11H,5H2,1-2H3. The summed E-state index contributed by atoms with van der Waals surface area (Å²) in [5, 5.41) is 9.25. The second-order valence-electron chi connectivity index (χ2n) is 2.61. The molecule has 0 aromatic heterocycles. The second-order valence-corrected chi connectivity index (χ2v) is 2.61. The van der Waals surface area contributed by atoms with E-state index in [9.17, 15) is 9.50 Å². The molecule has 0 spiro atoms. The lowest BCUT2D eigenvalue weighted by Crippen LogP contribution is -1.95. The zero-order valence-electron chi connectivity index (χ0n) is 7.10. The number of hydrogen-bond donors (Lipinski definition) is 1. The van der Waals surface area contributed by atoms with Crippen molar-refractivity contribution < 1.29 is 14.2 Å². The predicted octanol–water partition coefficient (Wildman–Crippen LogP) is 2.31. The van der Waals surface area contributed by atoms with Crippen LogP contribution in [0.3, 0.4) is 0 Å². The minimum atomic E-state index is -0.870. The van der Waals surface area contributed by atoms with Gasteiger partial charge in [-0.25, -0.2) is 4.39 Å². The van der Waals surface area contributed by atoms with Crippen molar-refractivity contribution in [2.45, 2.75) is 13.8 Å². The molecule has 0 radical (unpaired) electrons. The summed E-state index contributed by atoms with van der Waals surface area (Å²) in [6, 6.07) is 3.25. The number of phenols is 1. The quantitative estimate of drug-likeness (QED) is 0.738. The molecule has 0 aliphatic heterocycles. The lowest BCUT2D eigenvalue weighted by molar-refractivity contribution is 0.189. The van der Waals surface area contributed by atoms with E-state index in [1.165, 1.54) is 0 Å². The van der Waals surface area contributed by atoms with Crippen molar-refractivity contribution in [1.29, 1.82) is 0 Å². The molecule has 0 unspecified atom stereocenters. The monoisotopic (exact) mass is 170 g/mol. The largest absolute Gasteiger partial charge is 0.508 e. The first-order chi connectivity index (χ1) is 5.66. The molecule has 0 aliphatic carbocycles. The van der Waals surface area contributed by atoms with Crippen LogP contribution in [-0.2, 0) is 0 Å². The highest BCUT2D eigenvalue weighted by atomic mass is 19.1. The van der Waals surface area contributed by atoms with Crippen LogP contribution in [0, 0.1) is 13.8 Å². The summed E-state index contributed by atoms with van der Waals surface area (Å²) < 4.78 is 16.6. The van der Waals surface area contributed by atoms with E-state index < -0.39 is 6.86 Å². The number of halogens is 1. The van der Waals surface area contributed by atoms with E-state index in [2.05, 4.69) is 0 Å². The molecule has 0 atom stereocenters. The molecule has 1 rings (SSSR count). The Hall–Kier alpha value is -1.25. The molecule has 0 saturated heterocycles. The van der Waals surface area contributed by atoms with E-state index in [0.717, 1.165) is 5.56 Å². The lowest BCUT2D eigenvalue weighted by atomic mass is 10.1. The van der Waals surface area contributed by atoms with Crippen LogP contribution >= 0.6 is 0 Å². The highest BCUT2D eigenvalue weighted by Gasteiger charge is 2.06. The third-order valence-electron chi connectivity index (χ3n) is 1.77. The van der Waals surface area contributed by atoms with Crippen LogP contribution in [0.5, 0.6) is 11.5 Å². The van der Waals surface area contributed by atoms with Gasteiger partial charge in [-0.05, 0) is 25.5 Å². The van der Waals surface area contributed by atoms with Crippen molar-refractivity contribution in [2.75, 3.05) is 6.86 Å². The molecule has 0 heterocycles. The minimum Gasteiger partial charge on any atom is -0.508 e. The number of rotatable bonds is 2. The zero-order valence-corrected chi connectivity index (χ0v) is 7.10. The molecular formula is C9H11FO2. The fraction of sp³-hybridized carbons (Fsp3) is 0.333. The molecule has 1 aromatic rings. The van der Waals surface area contributed by atoms with Crippen LogP contribution in [0.1, 0.15) is 11.1 Å². The van der Waals surface area contributed by atoms with E-state index in [0.29, 0.717) is 11.3 Å². The Morgan fingerprint density at radius 1 is 1.42 bits per heavy atom. The fourth-order valence-electron chi connectivity index (χ4n) is 1.09. The Labute approximate surface area is 70.6 Å². The van der Waals surface area contributed by atoms with E-state index in [1.54, 1.807) is 26.0 Å². The first kappa shape index (κ1) is 8.84. The Kier molecular flexibility index (Phi) is 2.53. The number of hydrogen-bond acceptors (Lipinski definition) is 2. The van der Waals surface area contributed by atoms with Gasteiger partial charge in [-0.1, -0.05) is 6.07 Å². The number of phenolic OH excluding ortho intramolecular Hbond substituents is 1. The molecule has 66 valence electrons. The molecule has 0 aliphatic rings. The summed E-state index contributed by atoms with van der Waals surface area (Å²) >= 11 is 0. The number of aromatic hydroxyl groups is 1. The van der Waals surface area contributed by atoms with E-state index in [1.807, 2.05) is 0 Å². The maximum absolute atomic E-state index is 11.9. The molecule has 0 saturated carbocycles. The first-order valence-corrected chi connectivity index (χ1v) is 3.64. The lowest BCUT2D eigenvalue weighted by Gasteiger charge is -2.09. The van der Waals surface area contributed by atoms with Crippen LogP contribution in [0.2, 0.25) is 0 Å². The van der Waals surface area contributed by atoms with Gasteiger partial charge >= 0.3 is 0 Å². The maximum Gasteiger partial charge on any atom is 0.228 e. The Balaban J connectivity index is 3.14. The Morgan fingerprint density at radius 3 is 2.67 bits per heavy atom. The smallest absolute Gasteiger partial charge is 0.228 e. The van der Waals surface area contributed by atoms with Crippen molar-refractivity contribution in [1.82, 2.24) is 0 Å². The van der Waals surface area contributed by atoms with Gasteiger partial charge in [0.2, 0.25) is 6.86 Å². The predicted molar refractivity (Wildman–Crippen MR) is 44.2 cm³/mol. The molecule has 0 amide bonds. The minimum absolute atomic E-state index is 0.129. The summed E-state index contributed by atoms with van der Waals surface area (Å²) in [5.41, 5.74) is 1.40. The van der Waals surface area contributed by atoms with Gasteiger partial charge in [-0.3, -0.25) is 0 Å². The highest BCUT2D eigenvalue weighted by Crippen LogP contribution is 2.29. The average molecular weight is 170 g/mol. The van der Waals surface area contributed by atoms with E-state index in [4.69, 9.17) is 4.74 Å². The topological polar surface area (TPSA) is 29.5 Å². The third kappa shape index (κ3) is 1.49. The molecule has 2 nitrogen and oxygen atoms in total. The van der Waals surface area contributed by atoms with Gasteiger partial charge in [-0.15, -0.1) is 0 Å². The first-order valence-electron chi connectivity index (χ1n) is 3.64. The molecule has 1 aromatic carbocycles. The van der Waals surface area contributed by atoms with Crippen LogP contribution in [0.15, 0.2) is 12.1 Å². The number of alkyl halides is 1. The van der Waals surface area contributed by atoms with Gasteiger partial charge in [0.05, 0.1) is 0 Å². The Bertz CT molecular complexity index is 284. The molecular weight excluding hydrogens is 159 g/mol. The SMILES string of the molecule is Cc1ccc(O)c(C)c1OCF. The van der Waals surface area contributed by atoms with Gasteiger partial charge < -0.3 is 9.84 Å². The fourth-order valence-corrected chi connectivity index (χ4v) is 1.09. The normalized spacial score (nSPS) is 9.92. The van der Waals surface area contributed by atoms with Gasteiger partial charge in [0, 0.05) is 5.56 Å². The van der Waals surface area contributed by atoms with Crippen LogP contribution in [0.25, 0.3) is 0 Å². The van der Waals surface area contributed by atoms with Crippen molar-refractivity contribution in [3.63, 3.8) is 0 Å². The van der Waals surface area contributed by atoms with Crippen LogP contribution in [-0.4, -0.2) is 12.0 Å². The molecule has 3 heteroatoms. The number of aryl methyl sites for hydroxylation is 1. The van der Waals surface area contributed by atoms with Crippen molar-refractivity contribution in [3.8, 4) is 11.5 Å². The molecule has 1 N–H and O–H groups in total. The maximum atomic E-state index is 11.9. The summed E-state index contributed by atoms with van der Waals surface area (Å²) in [7, 11) is 0. The second kappa shape index (κ2) is 3.43. The molecule has 0 bridgehead atoms. The van der Waals surface area contributed by atoms with Crippen molar-refractivity contribution in [2.24, 2.45) is 0 Å². The molecule has 12 heavy (non-hydrogen) atoms. The number of ether oxygens (including phenoxy) is 1. The summed E-state index contributed by atoms with van der Waals surface area (Å²) in [5.74, 6) is 0.557. The third-order valence-corrected chi connectivity index (χ3v) is 1.77. The zero-order chi connectivity index (χ0) is 9.14. The summed E-state index contributed by atoms with van der Waals surface area (Å²) in [6.07, 6.45) is 0. The summed E-state index contributed by atoms with van der Waals surface area (Å²) in [4.78, 5) is 0. The van der Waals surface area contributed by atoms with Crippen LogP contribution < -0.4 is 4.74 Å². The van der Waals surface area contributed by atoms with Gasteiger partial charge in [-0.2, -0.15) is 0 Å². The highest BCUT2D eigenvalue weighted by molar-refractivity contribution is 5.47. The summed E-state index contributed by atoms with van der Waals surface area (Å²) in [6.45, 7) is 2.62.